The predicted molar refractivity (Wildman–Crippen MR) is 65.1 cm³/mol. The Morgan fingerprint density at radius 3 is 2.18 bits per heavy atom. The van der Waals surface area contributed by atoms with Crippen molar-refractivity contribution in [2.45, 2.75) is 57.9 Å². The Kier molecular flexibility index (Phi) is 3.52. The first kappa shape index (κ1) is 12.6. The molecule has 2 fully saturated rings. The third-order valence-corrected chi connectivity index (χ3v) is 4.04. The Hall–Kier alpha value is -0.900. The minimum atomic E-state index is -0.136. The van der Waals surface area contributed by atoms with Gasteiger partial charge >= 0.3 is 0 Å². The van der Waals surface area contributed by atoms with Gasteiger partial charge in [0.25, 0.3) is 0 Å². The van der Waals surface area contributed by atoms with Crippen LogP contribution in [0.25, 0.3) is 0 Å². The van der Waals surface area contributed by atoms with Gasteiger partial charge in [0.15, 0.2) is 0 Å². The third kappa shape index (κ3) is 2.68. The number of nitrogens with two attached hydrogens (primary N) is 1. The monoisotopic (exact) mass is 238 g/mol. The summed E-state index contributed by atoms with van der Waals surface area (Å²) >= 11 is 0. The lowest BCUT2D eigenvalue weighted by atomic mass is 9.67. The summed E-state index contributed by atoms with van der Waals surface area (Å²) in [6, 6.07) is -0.136. The van der Waals surface area contributed by atoms with Crippen LogP contribution in [0.3, 0.4) is 0 Å². The molecule has 4 heteroatoms. The Labute approximate surface area is 103 Å². The molecule has 1 aliphatic carbocycles. The van der Waals surface area contributed by atoms with Gasteiger partial charge in [0.1, 0.15) is 0 Å². The van der Waals surface area contributed by atoms with Crippen LogP contribution in [0.2, 0.25) is 0 Å². The Morgan fingerprint density at radius 2 is 1.71 bits per heavy atom. The molecule has 2 N–H and O–H groups in total. The van der Waals surface area contributed by atoms with Crippen LogP contribution < -0.4 is 5.73 Å². The van der Waals surface area contributed by atoms with Crippen molar-refractivity contribution in [3.63, 3.8) is 0 Å². The molecule has 0 bridgehead atoms. The quantitative estimate of drug-likeness (QED) is 0.740. The van der Waals surface area contributed by atoms with Gasteiger partial charge in [0.2, 0.25) is 11.8 Å². The summed E-state index contributed by atoms with van der Waals surface area (Å²) in [4.78, 5) is 25.5. The Bertz CT molecular complexity index is 299. The highest BCUT2D eigenvalue weighted by atomic mass is 16.2. The van der Waals surface area contributed by atoms with E-state index in [0.717, 1.165) is 25.7 Å². The number of imide groups is 1. The van der Waals surface area contributed by atoms with E-state index in [1.54, 1.807) is 0 Å². The molecule has 1 atom stereocenters. The number of amides is 2. The van der Waals surface area contributed by atoms with Crippen molar-refractivity contribution in [3.8, 4) is 0 Å². The lowest BCUT2D eigenvalue weighted by Gasteiger charge is -2.42. The molecule has 1 unspecified atom stereocenters. The van der Waals surface area contributed by atoms with E-state index >= 15 is 0 Å². The molecule has 1 saturated heterocycles. The topological polar surface area (TPSA) is 63.4 Å². The maximum atomic E-state index is 12.1. The van der Waals surface area contributed by atoms with E-state index < -0.39 is 0 Å². The zero-order valence-electron chi connectivity index (χ0n) is 10.6. The van der Waals surface area contributed by atoms with E-state index in [2.05, 4.69) is 0 Å². The summed E-state index contributed by atoms with van der Waals surface area (Å²) in [7, 11) is 0. The molecule has 1 saturated carbocycles. The third-order valence-electron chi connectivity index (χ3n) is 4.04. The summed E-state index contributed by atoms with van der Waals surface area (Å²) in [5.41, 5.74) is 5.66. The second kappa shape index (κ2) is 4.77. The first-order valence-electron chi connectivity index (χ1n) is 6.61. The van der Waals surface area contributed by atoms with E-state index in [1.165, 1.54) is 11.3 Å². The Balaban J connectivity index is 2.06. The van der Waals surface area contributed by atoms with E-state index in [0.29, 0.717) is 19.4 Å². The number of hydrogen-bond donors (Lipinski definition) is 1. The van der Waals surface area contributed by atoms with Gasteiger partial charge in [-0.3, -0.25) is 14.5 Å². The predicted octanol–water partition coefficient (Wildman–Crippen LogP) is 1.43. The van der Waals surface area contributed by atoms with Crippen molar-refractivity contribution >= 4 is 11.8 Å². The summed E-state index contributed by atoms with van der Waals surface area (Å²) in [6.45, 7) is 2.19. The van der Waals surface area contributed by atoms with E-state index in [9.17, 15) is 9.59 Å². The SMILES string of the molecule is CC(N)CN1C(=O)CC2(CCCCC2)CC1=O. The fourth-order valence-corrected chi connectivity index (χ4v) is 3.18. The molecular weight excluding hydrogens is 216 g/mol. The van der Waals surface area contributed by atoms with Crippen LogP contribution in [0.4, 0.5) is 0 Å². The van der Waals surface area contributed by atoms with E-state index in [1.807, 2.05) is 6.92 Å². The van der Waals surface area contributed by atoms with Crippen molar-refractivity contribution < 1.29 is 9.59 Å². The number of piperidine rings is 1. The van der Waals surface area contributed by atoms with Crippen LogP contribution in [0.15, 0.2) is 0 Å². The minimum Gasteiger partial charge on any atom is -0.326 e. The average molecular weight is 238 g/mol. The summed E-state index contributed by atoms with van der Waals surface area (Å²) in [5, 5.41) is 0. The van der Waals surface area contributed by atoms with Gasteiger partial charge in [-0.2, -0.15) is 0 Å². The number of rotatable bonds is 2. The highest BCUT2D eigenvalue weighted by molar-refractivity contribution is 5.98. The second-order valence-electron chi connectivity index (χ2n) is 5.79. The fourth-order valence-electron chi connectivity index (χ4n) is 3.18. The zero-order chi connectivity index (χ0) is 12.5. The largest absolute Gasteiger partial charge is 0.326 e. The van der Waals surface area contributed by atoms with Crippen LogP contribution in [-0.2, 0) is 9.59 Å². The van der Waals surface area contributed by atoms with Gasteiger partial charge < -0.3 is 5.73 Å². The molecule has 1 heterocycles. The molecule has 0 radical (unpaired) electrons. The molecule has 2 rings (SSSR count). The second-order valence-corrected chi connectivity index (χ2v) is 5.79. The van der Waals surface area contributed by atoms with Crippen LogP contribution in [0.1, 0.15) is 51.9 Å². The van der Waals surface area contributed by atoms with Gasteiger partial charge in [-0.05, 0) is 25.2 Å². The fraction of sp³-hybridized carbons (Fsp3) is 0.846. The van der Waals surface area contributed by atoms with Crippen LogP contribution in [-0.4, -0.2) is 29.3 Å². The smallest absolute Gasteiger partial charge is 0.229 e. The molecule has 1 aliphatic heterocycles. The average Bonchev–Trinajstić information content (AvgIpc) is 2.24. The van der Waals surface area contributed by atoms with Crippen molar-refractivity contribution in [2.24, 2.45) is 11.1 Å². The van der Waals surface area contributed by atoms with Gasteiger partial charge in [-0.25, -0.2) is 0 Å². The van der Waals surface area contributed by atoms with E-state index in [4.69, 9.17) is 5.73 Å². The first-order valence-corrected chi connectivity index (χ1v) is 6.61. The first-order chi connectivity index (χ1) is 8.02. The minimum absolute atomic E-state index is 0.0131. The van der Waals surface area contributed by atoms with Gasteiger partial charge in [-0.1, -0.05) is 19.3 Å². The lowest BCUT2D eigenvalue weighted by Crippen LogP contribution is -2.51. The number of nitrogens with zero attached hydrogens (tertiary/aromatic N) is 1. The molecular formula is C13H22N2O2. The Morgan fingerprint density at radius 1 is 1.18 bits per heavy atom. The summed E-state index contributed by atoms with van der Waals surface area (Å²) in [6.07, 6.45) is 6.74. The molecule has 0 aromatic carbocycles. The number of hydrogen-bond acceptors (Lipinski definition) is 3. The van der Waals surface area contributed by atoms with Gasteiger partial charge in [0, 0.05) is 25.4 Å². The van der Waals surface area contributed by atoms with E-state index in [-0.39, 0.29) is 23.3 Å². The molecule has 17 heavy (non-hydrogen) atoms. The molecule has 1 spiro atoms. The highest BCUT2D eigenvalue weighted by Gasteiger charge is 2.43. The normalized spacial score (nSPS) is 26.4. The summed E-state index contributed by atoms with van der Waals surface area (Å²) < 4.78 is 0. The van der Waals surface area contributed by atoms with Crippen LogP contribution in [0, 0.1) is 5.41 Å². The van der Waals surface area contributed by atoms with Crippen molar-refractivity contribution in [1.29, 1.82) is 0 Å². The summed E-state index contributed by atoms with van der Waals surface area (Å²) in [5.74, 6) is -0.0269. The number of carbonyl (C=O) groups is 2. The molecule has 96 valence electrons. The number of likely N-dealkylation sites (tertiary alicyclic amines) is 1. The van der Waals surface area contributed by atoms with Crippen LogP contribution in [0.5, 0.6) is 0 Å². The van der Waals surface area contributed by atoms with Crippen molar-refractivity contribution in [1.82, 2.24) is 4.90 Å². The molecule has 0 aromatic heterocycles. The van der Waals surface area contributed by atoms with Gasteiger partial charge in [0.05, 0.1) is 0 Å². The zero-order valence-corrected chi connectivity index (χ0v) is 10.6. The molecule has 2 amide bonds. The molecule has 2 aliphatic rings. The van der Waals surface area contributed by atoms with Crippen molar-refractivity contribution in [3.05, 3.63) is 0 Å². The standard InChI is InChI=1S/C13H22N2O2/c1-10(14)9-15-11(16)7-13(8-12(15)17)5-3-2-4-6-13/h10H,2-9,14H2,1H3. The van der Waals surface area contributed by atoms with Crippen molar-refractivity contribution in [2.75, 3.05) is 6.54 Å². The highest BCUT2D eigenvalue weighted by Crippen LogP contribution is 2.45. The molecule has 0 aromatic rings. The maximum Gasteiger partial charge on any atom is 0.229 e. The number of carbonyl (C=O) groups excluding carboxylic acids is 2. The van der Waals surface area contributed by atoms with Crippen LogP contribution >= 0.6 is 0 Å². The molecule has 4 nitrogen and oxygen atoms in total. The maximum absolute atomic E-state index is 12.1. The lowest BCUT2D eigenvalue weighted by molar-refractivity contribution is -0.154. The van der Waals surface area contributed by atoms with Gasteiger partial charge in [-0.15, -0.1) is 0 Å².